The molecular formula is C14H15N3. The van der Waals surface area contributed by atoms with Gasteiger partial charge in [-0.2, -0.15) is 5.26 Å². The van der Waals surface area contributed by atoms with Gasteiger partial charge in [0, 0.05) is 5.56 Å². The van der Waals surface area contributed by atoms with E-state index in [2.05, 4.69) is 48.9 Å². The zero-order valence-electron chi connectivity index (χ0n) is 10.5. The molecule has 3 heteroatoms. The molecule has 3 nitrogen and oxygen atoms in total. The molecule has 1 aromatic heterocycles. The van der Waals surface area contributed by atoms with Crippen LogP contribution >= 0.6 is 0 Å². The number of rotatable bonds is 1. The first-order chi connectivity index (χ1) is 8.02. The van der Waals surface area contributed by atoms with Crippen LogP contribution in [0.4, 0.5) is 0 Å². The third kappa shape index (κ3) is 1.94. The fourth-order valence-corrected chi connectivity index (χ4v) is 2.33. The Hall–Kier alpha value is -2.08. The number of aromatic amines is 1. The minimum atomic E-state index is 0.470. The molecule has 0 aliphatic heterocycles. The molecule has 0 aliphatic carbocycles. The smallest absolute Gasteiger partial charge is 0.166 e. The minimum absolute atomic E-state index is 0.470. The van der Waals surface area contributed by atoms with E-state index in [1.807, 2.05) is 6.92 Å². The number of nitriles is 1. The maximum atomic E-state index is 9.10. The lowest BCUT2D eigenvalue weighted by atomic mass is 9.96. The molecule has 0 spiro atoms. The Morgan fingerprint density at radius 3 is 2.24 bits per heavy atom. The summed E-state index contributed by atoms with van der Waals surface area (Å²) in [6.45, 7) is 8.07. The highest BCUT2D eigenvalue weighted by Gasteiger charge is 2.14. The number of aryl methyl sites for hydroxylation is 4. The number of H-pyrrole nitrogens is 1. The van der Waals surface area contributed by atoms with Gasteiger partial charge in [0.2, 0.25) is 0 Å². The second kappa shape index (κ2) is 4.06. The van der Waals surface area contributed by atoms with Crippen LogP contribution in [0.25, 0.3) is 11.3 Å². The van der Waals surface area contributed by atoms with Crippen LogP contribution in [0.15, 0.2) is 12.1 Å². The summed E-state index contributed by atoms with van der Waals surface area (Å²) in [6, 6.07) is 6.39. The van der Waals surface area contributed by atoms with Gasteiger partial charge >= 0.3 is 0 Å². The van der Waals surface area contributed by atoms with Gasteiger partial charge in [-0.3, -0.25) is 0 Å². The molecule has 17 heavy (non-hydrogen) atoms. The molecule has 2 rings (SSSR count). The van der Waals surface area contributed by atoms with E-state index < -0.39 is 0 Å². The highest BCUT2D eigenvalue weighted by molar-refractivity contribution is 5.72. The Bertz CT molecular complexity index is 592. The topological polar surface area (TPSA) is 52.5 Å². The van der Waals surface area contributed by atoms with Gasteiger partial charge in [-0.1, -0.05) is 17.7 Å². The number of hydrogen-bond acceptors (Lipinski definition) is 2. The molecule has 1 N–H and O–H groups in total. The first-order valence-corrected chi connectivity index (χ1v) is 5.58. The molecule has 0 unspecified atom stereocenters. The van der Waals surface area contributed by atoms with E-state index in [1.54, 1.807) is 0 Å². The summed E-state index contributed by atoms with van der Waals surface area (Å²) in [7, 11) is 0. The van der Waals surface area contributed by atoms with Gasteiger partial charge in [0.25, 0.3) is 0 Å². The lowest BCUT2D eigenvalue weighted by Crippen LogP contribution is -1.92. The number of aromatic nitrogens is 2. The molecular weight excluding hydrogens is 210 g/mol. The third-order valence-electron chi connectivity index (χ3n) is 2.86. The lowest BCUT2D eigenvalue weighted by Gasteiger charge is -2.09. The van der Waals surface area contributed by atoms with Crippen LogP contribution in [-0.2, 0) is 0 Å². The van der Waals surface area contributed by atoms with Gasteiger partial charge in [0.15, 0.2) is 5.69 Å². The van der Waals surface area contributed by atoms with Gasteiger partial charge in [0.1, 0.15) is 11.9 Å². The summed E-state index contributed by atoms with van der Waals surface area (Å²) < 4.78 is 0. The molecule has 0 saturated carbocycles. The van der Waals surface area contributed by atoms with E-state index in [0.717, 1.165) is 17.1 Å². The standard InChI is InChI=1S/C14H15N3/c1-8-5-9(2)13(10(3)6-8)14-12(7-15)16-11(4)17-14/h5-6H,1-4H3,(H,16,17). The van der Waals surface area contributed by atoms with Crippen molar-refractivity contribution in [1.29, 1.82) is 5.26 Å². The lowest BCUT2D eigenvalue weighted by molar-refractivity contribution is 1.14. The average molecular weight is 225 g/mol. The van der Waals surface area contributed by atoms with E-state index in [4.69, 9.17) is 5.26 Å². The van der Waals surface area contributed by atoms with Crippen molar-refractivity contribution in [3.8, 4) is 17.3 Å². The number of nitrogens with one attached hydrogen (secondary N) is 1. The minimum Gasteiger partial charge on any atom is -0.341 e. The van der Waals surface area contributed by atoms with E-state index >= 15 is 0 Å². The number of hydrogen-bond donors (Lipinski definition) is 1. The normalized spacial score (nSPS) is 10.3. The predicted octanol–water partition coefficient (Wildman–Crippen LogP) is 3.18. The molecule has 0 radical (unpaired) electrons. The van der Waals surface area contributed by atoms with Crippen LogP contribution in [0.1, 0.15) is 28.2 Å². The molecule has 0 amide bonds. The molecule has 1 aromatic carbocycles. The summed E-state index contributed by atoms with van der Waals surface area (Å²) in [5, 5.41) is 9.10. The number of imidazole rings is 1. The molecule has 0 fully saturated rings. The van der Waals surface area contributed by atoms with Crippen LogP contribution in [0.5, 0.6) is 0 Å². The summed E-state index contributed by atoms with van der Waals surface area (Å²) >= 11 is 0. The quantitative estimate of drug-likeness (QED) is 0.810. The monoisotopic (exact) mass is 225 g/mol. The predicted molar refractivity (Wildman–Crippen MR) is 67.7 cm³/mol. The van der Waals surface area contributed by atoms with E-state index in [1.165, 1.54) is 16.7 Å². The molecule has 0 atom stereocenters. The van der Waals surface area contributed by atoms with Gasteiger partial charge in [0.05, 0.1) is 5.69 Å². The summed E-state index contributed by atoms with van der Waals surface area (Å²) in [5.41, 5.74) is 5.97. The Labute approximate surface area is 101 Å². The Balaban J connectivity index is 2.73. The van der Waals surface area contributed by atoms with Crippen LogP contribution in [0.2, 0.25) is 0 Å². The molecule has 0 aliphatic rings. The second-order valence-electron chi connectivity index (χ2n) is 4.43. The van der Waals surface area contributed by atoms with Crippen LogP contribution in [-0.4, -0.2) is 9.97 Å². The molecule has 0 saturated heterocycles. The maximum absolute atomic E-state index is 9.10. The van der Waals surface area contributed by atoms with Gasteiger partial charge in [-0.25, -0.2) is 4.98 Å². The van der Waals surface area contributed by atoms with Gasteiger partial charge < -0.3 is 4.98 Å². The molecule has 0 bridgehead atoms. The zero-order valence-corrected chi connectivity index (χ0v) is 10.5. The van der Waals surface area contributed by atoms with Crippen molar-refractivity contribution < 1.29 is 0 Å². The summed E-state index contributed by atoms with van der Waals surface area (Å²) in [4.78, 5) is 7.37. The SMILES string of the molecule is Cc1cc(C)c(-c2[nH]c(C)nc2C#N)c(C)c1. The fraction of sp³-hybridized carbons (Fsp3) is 0.286. The first-order valence-electron chi connectivity index (χ1n) is 5.58. The van der Waals surface area contributed by atoms with E-state index in [0.29, 0.717) is 5.69 Å². The highest BCUT2D eigenvalue weighted by atomic mass is 14.9. The van der Waals surface area contributed by atoms with Crippen molar-refractivity contribution in [2.75, 3.05) is 0 Å². The summed E-state index contributed by atoms with van der Waals surface area (Å²) in [5.74, 6) is 0.774. The Morgan fingerprint density at radius 2 is 1.71 bits per heavy atom. The molecule has 1 heterocycles. The third-order valence-corrected chi connectivity index (χ3v) is 2.86. The average Bonchev–Trinajstić information content (AvgIpc) is 2.58. The van der Waals surface area contributed by atoms with Crippen molar-refractivity contribution in [3.05, 3.63) is 40.3 Å². The van der Waals surface area contributed by atoms with Crippen molar-refractivity contribution in [3.63, 3.8) is 0 Å². The summed E-state index contributed by atoms with van der Waals surface area (Å²) in [6.07, 6.45) is 0. The van der Waals surface area contributed by atoms with Crippen LogP contribution in [0.3, 0.4) is 0 Å². The van der Waals surface area contributed by atoms with Crippen molar-refractivity contribution in [2.45, 2.75) is 27.7 Å². The fourth-order valence-electron chi connectivity index (χ4n) is 2.33. The van der Waals surface area contributed by atoms with Crippen molar-refractivity contribution in [1.82, 2.24) is 9.97 Å². The van der Waals surface area contributed by atoms with Gasteiger partial charge in [-0.15, -0.1) is 0 Å². The zero-order chi connectivity index (χ0) is 12.6. The van der Waals surface area contributed by atoms with Crippen molar-refractivity contribution >= 4 is 0 Å². The first kappa shape index (κ1) is 11.4. The Morgan fingerprint density at radius 1 is 1.12 bits per heavy atom. The molecule has 86 valence electrons. The number of benzene rings is 1. The van der Waals surface area contributed by atoms with Crippen molar-refractivity contribution in [2.24, 2.45) is 0 Å². The van der Waals surface area contributed by atoms with Gasteiger partial charge in [-0.05, 0) is 38.8 Å². The van der Waals surface area contributed by atoms with E-state index in [-0.39, 0.29) is 0 Å². The maximum Gasteiger partial charge on any atom is 0.166 e. The largest absolute Gasteiger partial charge is 0.341 e. The number of nitrogens with zero attached hydrogens (tertiary/aromatic N) is 2. The molecule has 2 aromatic rings. The van der Waals surface area contributed by atoms with Crippen LogP contribution in [0, 0.1) is 39.0 Å². The van der Waals surface area contributed by atoms with E-state index in [9.17, 15) is 0 Å². The van der Waals surface area contributed by atoms with Crippen LogP contribution < -0.4 is 0 Å². The Kier molecular flexibility index (Phi) is 2.72. The second-order valence-corrected chi connectivity index (χ2v) is 4.43. The highest BCUT2D eigenvalue weighted by Crippen LogP contribution is 2.29.